The van der Waals surface area contributed by atoms with Crippen LogP contribution in [-0.4, -0.2) is 30.4 Å². The molecule has 0 radical (unpaired) electrons. The molecule has 0 N–H and O–H groups in total. The first-order chi connectivity index (χ1) is 12.5. The second-order valence-electron chi connectivity index (χ2n) is 5.97. The first kappa shape index (κ1) is 18.2. The van der Waals surface area contributed by atoms with Gasteiger partial charge in [0.2, 0.25) is 5.76 Å². The van der Waals surface area contributed by atoms with Gasteiger partial charge in [0.05, 0.1) is 0 Å². The maximum Gasteiger partial charge on any atom is 0.375 e. The first-order valence-corrected chi connectivity index (χ1v) is 8.89. The minimum absolute atomic E-state index is 0.132. The van der Waals surface area contributed by atoms with Crippen LogP contribution in [0, 0.1) is 6.92 Å². The topological polar surface area (TPSA) is 59.8 Å². The lowest BCUT2D eigenvalue weighted by Crippen LogP contribution is -2.31. The number of hydrogen-bond acceptors (Lipinski definition) is 4. The quantitative estimate of drug-likeness (QED) is 0.582. The van der Waals surface area contributed by atoms with Crippen molar-refractivity contribution in [2.75, 3.05) is 13.7 Å². The number of benzene rings is 2. The van der Waals surface area contributed by atoms with Crippen molar-refractivity contribution >= 4 is 38.8 Å². The van der Waals surface area contributed by atoms with E-state index in [1.165, 1.54) is 4.90 Å². The summed E-state index contributed by atoms with van der Waals surface area (Å²) in [6.07, 6.45) is 0. The van der Waals surface area contributed by atoms with Gasteiger partial charge in [0.1, 0.15) is 5.58 Å². The molecule has 6 heteroatoms. The average molecular weight is 416 g/mol. The van der Waals surface area contributed by atoms with Gasteiger partial charge in [-0.1, -0.05) is 52.3 Å². The van der Waals surface area contributed by atoms with Crippen LogP contribution in [0.5, 0.6) is 0 Å². The van der Waals surface area contributed by atoms with Crippen LogP contribution < -0.4 is 0 Å². The van der Waals surface area contributed by atoms with E-state index >= 15 is 0 Å². The summed E-state index contributed by atoms with van der Waals surface area (Å²) >= 11 is 3.46. The summed E-state index contributed by atoms with van der Waals surface area (Å²) in [5, 5.41) is 0.858. The highest BCUT2D eigenvalue weighted by molar-refractivity contribution is 9.10. The van der Waals surface area contributed by atoms with E-state index in [0.29, 0.717) is 17.7 Å². The van der Waals surface area contributed by atoms with Crippen LogP contribution in [0.2, 0.25) is 0 Å². The van der Waals surface area contributed by atoms with E-state index in [4.69, 9.17) is 9.15 Å². The van der Waals surface area contributed by atoms with Crippen LogP contribution in [0.3, 0.4) is 0 Å². The molecule has 1 amide bonds. The standard InChI is InChI=1S/C20H18BrNO4/c1-13-15-8-4-6-10-17(15)26-19(13)20(24)25-12-18(23)22(2)11-14-7-3-5-9-16(14)21/h3-10H,11-12H2,1-2H3. The largest absolute Gasteiger partial charge is 0.450 e. The van der Waals surface area contributed by atoms with Gasteiger partial charge in [-0.3, -0.25) is 4.79 Å². The molecule has 134 valence electrons. The predicted molar refractivity (Wildman–Crippen MR) is 102 cm³/mol. The number of esters is 1. The second kappa shape index (κ2) is 7.74. The lowest BCUT2D eigenvalue weighted by molar-refractivity contribution is -0.133. The molecule has 0 spiro atoms. The fraction of sp³-hybridized carbons (Fsp3) is 0.200. The van der Waals surface area contributed by atoms with Crippen molar-refractivity contribution in [3.8, 4) is 0 Å². The van der Waals surface area contributed by atoms with Gasteiger partial charge in [-0.2, -0.15) is 0 Å². The third-order valence-corrected chi connectivity index (χ3v) is 4.92. The van der Waals surface area contributed by atoms with E-state index in [1.54, 1.807) is 20.0 Å². The van der Waals surface area contributed by atoms with Crippen LogP contribution in [0.1, 0.15) is 21.7 Å². The Kier molecular flexibility index (Phi) is 5.42. The number of aryl methyl sites for hydroxylation is 1. The van der Waals surface area contributed by atoms with E-state index in [0.717, 1.165) is 15.4 Å². The number of nitrogens with zero attached hydrogens (tertiary/aromatic N) is 1. The second-order valence-corrected chi connectivity index (χ2v) is 6.82. The van der Waals surface area contributed by atoms with E-state index in [-0.39, 0.29) is 18.3 Å². The normalized spacial score (nSPS) is 10.7. The van der Waals surface area contributed by atoms with Crippen LogP contribution in [0.15, 0.2) is 57.4 Å². The van der Waals surface area contributed by atoms with Crippen molar-refractivity contribution in [3.63, 3.8) is 0 Å². The molecule has 1 heterocycles. The highest BCUT2D eigenvalue weighted by Crippen LogP contribution is 2.25. The zero-order valence-electron chi connectivity index (χ0n) is 14.5. The number of amides is 1. The number of rotatable bonds is 5. The van der Waals surface area contributed by atoms with Crippen molar-refractivity contribution in [3.05, 3.63) is 69.9 Å². The Morgan fingerprint density at radius 1 is 1.12 bits per heavy atom. The van der Waals surface area contributed by atoms with Gasteiger partial charge in [0.15, 0.2) is 6.61 Å². The zero-order valence-corrected chi connectivity index (χ0v) is 16.1. The molecule has 0 aliphatic carbocycles. The molecule has 3 aromatic rings. The Bertz CT molecular complexity index is 963. The van der Waals surface area contributed by atoms with E-state index in [9.17, 15) is 9.59 Å². The van der Waals surface area contributed by atoms with E-state index in [1.807, 2.05) is 42.5 Å². The molecule has 1 aromatic heterocycles. The van der Waals surface area contributed by atoms with Crippen molar-refractivity contribution in [1.82, 2.24) is 4.90 Å². The molecule has 0 aliphatic rings. The first-order valence-electron chi connectivity index (χ1n) is 8.10. The molecule has 2 aromatic carbocycles. The molecular formula is C20H18BrNO4. The minimum atomic E-state index is -0.638. The van der Waals surface area contributed by atoms with Crippen LogP contribution >= 0.6 is 15.9 Å². The molecule has 5 nitrogen and oxygen atoms in total. The Morgan fingerprint density at radius 2 is 1.81 bits per heavy atom. The SMILES string of the molecule is Cc1c(C(=O)OCC(=O)N(C)Cc2ccccc2Br)oc2ccccc12. The van der Waals surface area contributed by atoms with Gasteiger partial charge in [-0.25, -0.2) is 4.79 Å². The Morgan fingerprint density at radius 3 is 2.54 bits per heavy atom. The Balaban J connectivity index is 1.62. The molecular weight excluding hydrogens is 398 g/mol. The number of ether oxygens (including phenoxy) is 1. The number of para-hydroxylation sites is 1. The summed E-state index contributed by atoms with van der Waals surface area (Å²) in [6, 6.07) is 15.0. The highest BCUT2D eigenvalue weighted by Gasteiger charge is 2.20. The fourth-order valence-electron chi connectivity index (χ4n) is 2.64. The lowest BCUT2D eigenvalue weighted by Gasteiger charge is -2.17. The molecule has 0 aliphatic heterocycles. The smallest absolute Gasteiger partial charge is 0.375 e. The number of carbonyl (C=O) groups excluding carboxylic acids is 2. The number of likely N-dealkylation sites (N-methyl/N-ethyl adjacent to an activating group) is 1. The number of halogens is 1. The monoisotopic (exact) mass is 415 g/mol. The van der Waals surface area contributed by atoms with Gasteiger partial charge < -0.3 is 14.1 Å². The van der Waals surface area contributed by atoms with Crippen molar-refractivity contribution in [2.24, 2.45) is 0 Å². The van der Waals surface area contributed by atoms with Crippen LogP contribution in [0.25, 0.3) is 11.0 Å². The van der Waals surface area contributed by atoms with E-state index < -0.39 is 5.97 Å². The average Bonchev–Trinajstić information content (AvgIpc) is 2.98. The minimum Gasteiger partial charge on any atom is -0.450 e. The third kappa shape index (κ3) is 3.80. The number of carbonyl (C=O) groups is 2. The number of furan rings is 1. The molecule has 0 fully saturated rings. The van der Waals surface area contributed by atoms with Crippen LogP contribution in [-0.2, 0) is 16.1 Å². The van der Waals surface area contributed by atoms with Gasteiger partial charge >= 0.3 is 5.97 Å². The molecule has 3 rings (SSSR count). The van der Waals surface area contributed by atoms with Gasteiger partial charge in [0.25, 0.3) is 5.91 Å². The molecule has 26 heavy (non-hydrogen) atoms. The number of fused-ring (bicyclic) bond motifs is 1. The Labute approximate surface area is 159 Å². The molecule has 0 atom stereocenters. The molecule has 0 bridgehead atoms. The third-order valence-electron chi connectivity index (χ3n) is 4.15. The lowest BCUT2D eigenvalue weighted by atomic mass is 10.1. The number of hydrogen-bond donors (Lipinski definition) is 0. The van der Waals surface area contributed by atoms with Gasteiger partial charge in [0, 0.05) is 29.0 Å². The predicted octanol–water partition coefficient (Wildman–Crippen LogP) is 4.32. The molecule has 0 saturated carbocycles. The fourth-order valence-corrected chi connectivity index (χ4v) is 3.05. The van der Waals surface area contributed by atoms with Crippen molar-refractivity contribution < 1.29 is 18.7 Å². The van der Waals surface area contributed by atoms with E-state index in [2.05, 4.69) is 15.9 Å². The highest BCUT2D eigenvalue weighted by atomic mass is 79.9. The molecule has 0 saturated heterocycles. The summed E-state index contributed by atoms with van der Waals surface area (Å²) in [5.74, 6) is -0.795. The van der Waals surface area contributed by atoms with Crippen LogP contribution in [0.4, 0.5) is 0 Å². The molecule has 0 unspecified atom stereocenters. The van der Waals surface area contributed by atoms with Crippen molar-refractivity contribution in [2.45, 2.75) is 13.5 Å². The summed E-state index contributed by atoms with van der Waals surface area (Å²) in [6.45, 7) is 1.88. The summed E-state index contributed by atoms with van der Waals surface area (Å²) < 4.78 is 11.6. The summed E-state index contributed by atoms with van der Waals surface area (Å²) in [5.41, 5.74) is 2.30. The maximum absolute atomic E-state index is 12.3. The van der Waals surface area contributed by atoms with Gasteiger partial charge in [-0.15, -0.1) is 0 Å². The maximum atomic E-state index is 12.3. The van der Waals surface area contributed by atoms with Crippen molar-refractivity contribution in [1.29, 1.82) is 0 Å². The summed E-state index contributed by atoms with van der Waals surface area (Å²) in [7, 11) is 1.67. The Hall–Kier alpha value is -2.60. The van der Waals surface area contributed by atoms with Gasteiger partial charge in [-0.05, 0) is 24.6 Å². The summed E-state index contributed by atoms with van der Waals surface area (Å²) in [4.78, 5) is 26.0. The zero-order chi connectivity index (χ0) is 18.7.